The second-order valence-electron chi connectivity index (χ2n) is 8.80. The Hall–Kier alpha value is -2.08. The van der Waals surface area contributed by atoms with Crippen molar-refractivity contribution in [1.29, 1.82) is 0 Å². The zero-order valence-electron chi connectivity index (χ0n) is 19.9. The fourth-order valence-electron chi connectivity index (χ4n) is 3.41. The lowest BCUT2D eigenvalue weighted by atomic mass is 9.98. The minimum absolute atomic E-state index is 0.000232. The molecule has 0 saturated carbocycles. The van der Waals surface area contributed by atoms with Crippen molar-refractivity contribution in [3.05, 3.63) is 32.2 Å². The highest BCUT2D eigenvalue weighted by Crippen LogP contribution is 2.31. The largest absolute Gasteiger partial charge is 0.458 e. The number of alkyl halides is 1. The SMILES string of the molecule is CC(C)C1OC(=O)[C@@H](C)[C@H](CCC[C@@H](C)Cl)OC(=O)c2csc(n2)[C@H](O)COC(=O)c2csc1n2. The van der Waals surface area contributed by atoms with E-state index in [1.807, 2.05) is 20.8 Å². The van der Waals surface area contributed by atoms with E-state index in [1.165, 1.54) is 22.1 Å². The van der Waals surface area contributed by atoms with Crippen LogP contribution in [0.3, 0.4) is 0 Å². The molecule has 5 atom stereocenters. The third kappa shape index (κ3) is 7.22. The van der Waals surface area contributed by atoms with Crippen molar-refractivity contribution in [1.82, 2.24) is 9.97 Å². The van der Waals surface area contributed by atoms with Crippen molar-refractivity contribution < 1.29 is 33.7 Å². The maximum Gasteiger partial charge on any atom is 0.358 e. The molecule has 192 valence electrons. The van der Waals surface area contributed by atoms with E-state index in [-0.39, 0.29) is 34.3 Å². The summed E-state index contributed by atoms with van der Waals surface area (Å²) >= 11 is 8.29. The molecule has 0 aromatic carbocycles. The summed E-state index contributed by atoms with van der Waals surface area (Å²) in [6.07, 6.45) is -0.931. The number of cyclic esters (lactones) is 3. The molecule has 2 aromatic heterocycles. The first-order chi connectivity index (χ1) is 16.6. The Kier molecular flexibility index (Phi) is 9.62. The average Bonchev–Trinajstić information content (AvgIpc) is 3.49. The summed E-state index contributed by atoms with van der Waals surface area (Å²) in [4.78, 5) is 46.9. The Bertz CT molecular complexity index is 1040. The maximum atomic E-state index is 13.1. The van der Waals surface area contributed by atoms with E-state index in [0.717, 1.165) is 11.3 Å². The number of aliphatic hydroxyl groups excluding tert-OH is 1. The van der Waals surface area contributed by atoms with Gasteiger partial charge in [-0.1, -0.05) is 13.8 Å². The van der Waals surface area contributed by atoms with Gasteiger partial charge in [-0.05, 0) is 39.0 Å². The summed E-state index contributed by atoms with van der Waals surface area (Å²) < 4.78 is 16.7. The van der Waals surface area contributed by atoms with Gasteiger partial charge >= 0.3 is 17.9 Å². The molecule has 0 radical (unpaired) electrons. The van der Waals surface area contributed by atoms with Gasteiger partial charge in [-0.3, -0.25) is 4.79 Å². The Balaban J connectivity index is 1.93. The number of rotatable bonds is 5. The maximum absolute atomic E-state index is 13.1. The number of aliphatic hydroxyl groups is 1. The first-order valence-electron chi connectivity index (χ1n) is 11.4. The smallest absolute Gasteiger partial charge is 0.358 e. The minimum atomic E-state index is -1.22. The molecule has 0 amide bonds. The molecule has 3 heterocycles. The van der Waals surface area contributed by atoms with Crippen molar-refractivity contribution in [3.63, 3.8) is 0 Å². The lowest BCUT2D eigenvalue weighted by Gasteiger charge is -2.26. The number of ether oxygens (including phenoxy) is 3. The zero-order valence-corrected chi connectivity index (χ0v) is 22.3. The predicted molar refractivity (Wildman–Crippen MR) is 131 cm³/mol. The van der Waals surface area contributed by atoms with Crippen LogP contribution in [0, 0.1) is 11.8 Å². The first-order valence-corrected chi connectivity index (χ1v) is 13.6. The Morgan fingerprint density at radius 2 is 1.69 bits per heavy atom. The fourth-order valence-corrected chi connectivity index (χ4v) is 5.31. The third-order valence-corrected chi connectivity index (χ3v) is 7.56. The van der Waals surface area contributed by atoms with Gasteiger partial charge in [0.2, 0.25) is 0 Å². The molecule has 0 aliphatic carbocycles. The first kappa shape index (κ1) is 27.5. The molecule has 4 bridgehead atoms. The molecule has 3 rings (SSSR count). The molecule has 0 fully saturated rings. The second-order valence-corrected chi connectivity index (χ2v) is 11.3. The number of fused-ring (bicyclic) bond motifs is 4. The van der Waals surface area contributed by atoms with Crippen molar-refractivity contribution in [2.75, 3.05) is 6.61 Å². The normalized spacial score (nSPS) is 24.9. The molecule has 1 aliphatic heterocycles. The fraction of sp³-hybridized carbons (Fsp3) is 0.609. The number of halogens is 1. The second kappa shape index (κ2) is 12.2. The number of carbonyl (C=O) groups excluding carboxylic acids is 3. The standard InChI is InChI=1S/C23H29ClN2O7S2/c1-11(2)18-20-26-14(9-35-20)22(29)31-8-16(27)19-25-15(10-34-19)23(30)32-17(7-5-6-12(3)24)13(4)21(28)33-18/h9-13,16-18,27H,5-8H2,1-4H3/t12-,13+,16-,17+,18?/m1/s1. The monoisotopic (exact) mass is 544 g/mol. The third-order valence-electron chi connectivity index (χ3n) is 5.49. The van der Waals surface area contributed by atoms with Crippen molar-refractivity contribution >= 4 is 52.2 Å². The number of carbonyl (C=O) groups is 3. The lowest BCUT2D eigenvalue weighted by Crippen LogP contribution is -2.33. The molecule has 1 unspecified atom stereocenters. The van der Waals surface area contributed by atoms with Crippen LogP contribution in [0.2, 0.25) is 0 Å². The van der Waals surface area contributed by atoms with Gasteiger partial charge in [0.15, 0.2) is 17.5 Å². The van der Waals surface area contributed by atoms with E-state index in [0.29, 0.717) is 24.3 Å². The highest BCUT2D eigenvalue weighted by molar-refractivity contribution is 7.10. The van der Waals surface area contributed by atoms with Crippen LogP contribution in [0.15, 0.2) is 10.8 Å². The molecule has 2 aromatic rings. The highest BCUT2D eigenvalue weighted by Gasteiger charge is 2.34. The van der Waals surface area contributed by atoms with Gasteiger partial charge in [0, 0.05) is 16.1 Å². The van der Waals surface area contributed by atoms with Crippen LogP contribution in [-0.2, 0) is 19.0 Å². The van der Waals surface area contributed by atoms with Gasteiger partial charge in [-0.25, -0.2) is 19.6 Å². The minimum Gasteiger partial charge on any atom is -0.458 e. The lowest BCUT2D eigenvalue weighted by molar-refractivity contribution is -0.160. The van der Waals surface area contributed by atoms with E-state index in [2.05, 4.69) is 9.97 Å². The van der Waals surface area contributed by atoms with Gasteiger partial charge in [-0.15, -0.1) is 34.3 Å². The molecule has 0 saturated heterocycles. The number of thiazole rings is 2. The summed E-state index contributed by atoms with van der Waals surface area (Å²) in [5.74, 6) is -2.87. The van der Waals surface area contributed by atoms with Crippen molar-refractivity contribution in [2.45, 2.75) is 70.6 Å². The summed E-state index contributed by atoms with van der Waals surface area (Å²) in [5, 5.41) is 14.0. The average molecular weight is 545 g/mol. The summed E-state index contributed by atoms with van der Waals surface area (Å²) in [7, 11) is 0. The van der Waals surface area contributed by atoms with Crippen molar-refractivity contribution in [2.24, 2.45) is 11.8 Å². The van der Waals surface area contributed by atoms with Crippen LogP contribution in [0.4, 0.5) is 0 Å². The van der Waals surface area contributed by atoms with Crippen LogP contribution >= 0.6 is 34.3 Å². The Morgan fingerprint density at radius 1 is 1.06 bits per heavy atom. The van der Waals surface area contributed by atoms with Crippen LogP contribution in [0.1, 0.15) is 90.2 Å². The molecule has 35 heavy (non-hydrogen) atoms. The number of hydrogen-bond acceptors (Lipinski definition) is 11. The van der Waals surface area contributed by atoms with Crippen LogP contribution < -0.4 is 0 Å². The topological polar surface area (TPSA) is 125 Å². The van der Waals surface area contributed by atoms with Gasteiger partial charge < -0.3 is 19.3 Å². The van der Waals surface area contributed by atoms with E-state index >= 15 is 0 Å². The molecule has 1 N–H and O–H groups in total. The molecule has 1 aliphatic rings. The number of nitrogens with zero attached hydrogens (tertiary/aromatic N) is 2. The number of hydrogen-bond donors (Lipinski definition) is 1. The highest BCUT2D eigenvalue weighted by atomic mass is 35.5. The molecule has 12 heteroatoms. The van der Waals surface area contributed by atoms with Crippen molar-refractivity contribution in [3.8, 4) is 0 Å². The van der Waals surface area contributed by atoms with E-state index in [4.69, 9.17) is 25.8 Å². The molecule has 9 nitrogen and oxygen atoms in total. The Labute approximate surface area is 216 Å². The van der Waals surface area contributed by atoms with Gasteiger partial charge in [0.1, 0.15) is 28.8 Å². The zero-order chi connectivity index (χ0) is 25.7. The van der Waals surface area contributed by atoms with Gasteiger partial charge in [-0.2, -0.15) is 0 Å². The summed E-state index contributed by atoms with van der Waals surface area (Å²) in [6.45, 7) is 6.92. The van der Waals surface area contributed by atoms with Gasteiger partial charge in [0.25, 0.3) is 0 Å². The van der Waals surface area contributed by atoms with Gasteiger partial charge in [0.05, 0.1) is 5.92 Å². The predicted octanol–water partition coefficient (Wildman–Crippen LogP) is 4.70. The molecular weight excluding hydrogens is 516 g/mol. The van der Waals surface area contributed by atoms with Crippen LogP contribution in [0.5, 0.6) is 0 Å². The quantitative estimate of drug-likeness (QED) is 0.324. The summed E-state index contributed by atoms with van der Waals surface area (Å²) in [6, 6.07) is 0. The number of aromatic nitrogens is 2. The van der Waals surface area contributed by atoms with E-state index in [9.17, 15) is 19.5 Å². The van der Waals surface area contributed by atoms with E-state index in [1.54, 1.807) is 6.92 Å². The molecular formula is C23H29ClN2O7S2. The molecule has 0 spiro atoms. The van der Waals surface area contributed by atoms with E-state index < -0.39 is 42.1 Å². The summed E-state index contributed by atoms with van der Waals surface area (Å²) in [5.41, 5.74) is 0.0578. The Morgan fingerprint density at radius 3 is 2.34 bits per heavy atom. The van der Waals surface area contributed by atoms with Crippen LogP contribution in [-0.4, -0.2) is 51.1 Å². The van der Waals surface area contributed by atoms with Crippen LogP contribution in [0.25, 0.3) is 0 Å². The number of esters is 3.